The van der Waals surface area contributed by atoms with E-state index in [1.165, 1.54) is 12.0 Å². The van der Waals surface area contributed by atoms with E-state index in [1.54, 1.807) is 0 Å². The number of rotatable bonds is 1. The number of aliphatic hydroxyl groups is 1. The zero-order chi connectivity index (χ0) is 7.40. The molecule has 0 saturated heterocycles. The number of hydrogen-bond acceptors (Lipinski definition) is 1. The Hall–Kier alpha value is -0.560. The van der Waals surface area contributed by atoms with Gasteiger partial charge in [0.1, 0.15) is 0 Å². The van der Waals surface area contributed by atoms with E-state index in [1.807, 2.05) is 12.2 Å². The van der Waals surface area contributed by atoms with E-state index in [0.29, 0.717) is 0 Å². The Morgan fingerprint density at radius 3 is 3.10 bits per heavy atom. The average molecular weight is 138 g/mol. The molecule has 56 valence electrons. The molecule has 1 N–H and O–H groups in total. The maximum absolute atomic E-state index is 9.27. The molecule has 1 heteroatoms. The summed E-state index contributed by atoms with van der Waals surface area (Å²) >= 11 is 0. The molecule has 1 rings (SSSR count). The molecule has 1 aliphatic rings. The molecule has 0 aromatic heterocycles. The lowest BCUT2D eigenvalue weighted by molar-refractivity contribution is 0.211. The van der Waals surface area contributed by atoms with Crippen LogP contribution in [-0.4, -0.2) is 11.2 Å². The summed E-state index contributed by atoms with van der Waals surface area (Å²) in [6.45, 7) is 3.68. The molecule has 0 bridgehead atoms. The highest BCUT2D eigenvalue weighted by Crippen LogP contribution is 2.17. The van der Waals surface area contributed by atoms with Crippen LogP contribution in [-0.2, 0) is 0 Å². The van der Waals surface area contributed by atoms with Gasteiger partial charge in [-0.15, -0.1) is 0 Å². The van der Waals surface area contributed by atoms with Gasteiger partial charge in [0.25, 0.3) is 0 Å². The molecule has 0 spiro atoms. The quantitative estimate of drug-likeness (QED) is 0.588. The topological polar surface area (TPSA) is 20.2 Å². The maximum Gasteiger partial charge on any atom is 0.0726 e. The second-order valence-electron chi connectivity index (χ2n) is 2.76. The van der Waals surface area contributed by atoms with Gasteiger partial charge in [-0.3, -0.25) is 0 Å². The van der Waals surface area contributed by atoms with Crippen LogP contribution in [0.4, 0.5) is 0 Å². The van der Waals surface area contributed by atoms with E-state index in [-0.39, 0.29) is 6.10 Å². The van der Waals surface area contributed by atoms with Gasteiger partial charge in [-0.1, -0.05) is 30.7 Å². The van der Waals surface area contributed by atoms with Crippen molar-refractivity contribution in [2.75, 3.05) is 0 Å². The summed E-state index contributed by atoms with van der Waals surface area (Å²) in [5.41, 5.74) is 1.20. The number of allylic oxidation sites excluding steroid dienone is 2. The van der Waals surface area contributed by atoms with E-state index in [0.717, 1.165) is 19.3 Å². The molecular formula is C9H14O. The van der Waals surface area contributed by atoms with Crippen LogP contribution in [0.2, 0.25) is 0 Å². The predicted octanol–water partition coefficient (Wildman–Crippen LogP) is 2.03. The lowest BCUT2D eigenvalue weighted by atomic mass is 10.1. The molecular weight excluding hydrogens is 124 g/mol. The minimum Gasteiger partial charge on any atom is -0.389 e. The Bertz CT molecular complexity index is 147. The number of hydrogen-bond donors (Lipinski definition) is 1. The second kappa shape index (κ2) is 3.57. The Labute approximate surface area is 62.1 Å². The van der Waals surface area contributed by atoms with E-state index in [9.17, 15) is 5.11 Å². The van der Waals surface area contributed by atoms with Crippen molar-refractivity contribution < 1.29 is 5.11 Å². The van der Waals surface area contributed by atoms with E-state index < -0.39 is 0 Å². The average Bonchev–Trinajstić information content (AvgIpc) is 2.13. The molecule has 0 radical (unpaired) electrons. The molecule has 1 nitrogen and oxygen atoms in total. The van der Waals surface area contributed by atoms with Crippen molar-refractivity contribution in [3.05, 3.63) is 24.3 Å². The van der Waals surface area contributed by atoms with Crippen molar-refractivity contribution in [1.29, 1.82) is 0 Å². The first-order valence-electron chi connectivity index (χ1n) is 3.84. The Morgan fingerprint density at radius 2 is 2.40 bits per heavy atom. The molecule has 0 fully saturated rings. The summed E-state index contributed by atoms with van der Waals surface area (Å²) < 4.78 is 0. The van der Waals surface area contributed by atoms with Crippen LogP contribution in [0.5, 0.6) is 0 Å². The molecule has 1 aliphatic carbocycles. The molecule has 0 aliphatic heterocycles. The van der Waals surface area contributed by atoms with Gasteiger partial charge >= 0.3 is 0 Å². The monoisotopic (exact) mass is 138 g/mol. The van der Waals surface area contributed by atoms with Gasteiger partial charge in [-0.25, -0.2) is 0 Å². The van der Waals surface area contributed by atoms with Crippen molar-refractivity contribution in [1.82, 2.24) is 0 Å². The summed E-state index contributed by atoms with van der Waals surface area (Å²) in [5.74, 6) is 0. The second-order valence-corrected chi connectivity index (χ2v) is 2.76. The normalized spacial score (nSPS) is 26.9. The molecule has 0 saturated carbocycles. The van der Waals surface area contributed by atoms with E-state index in [4.69, 9.17) is 0 Å². The minimum atomic E-state index is -0.226. The molecule has 0 aromatic rings. The zero-order valence-electron chi connectivity index (χ0n) is 6.21. The van der Waals surface area contributed by atoms with Crippen LogP contribution >= 0.6 is 0 Å². The molecule has 0 heterocycles. The van der Waals surface area contributed by atoms with Gasteiger partial charge in [0, 0.05) is 0 Å². The van der Waals surface area contributed by atoms with Crippen LogP contribution in [0, 0.1) is 0 Å². The van der Waals surface area contributed by atoms with Crippen LogP contribution < -0.4 is 0 Å². The van der Waals surface area contributed by atoms with Crippen molar-refractivity contribution in [3.8, 4) is 0 Å². The van der Waals surface area contributed by atoms with Gasteiger partial charge in [-0.2, -0.15) is 0 Å². The zero-order valence-corrected chi connectivity index (χ0v) is 6.21. The molecule has 0 amide bonds. The van der Waals surface area contributed by atoms with Gasteiger partial charge in [-0.05, 0) is 19.3 Å². The summed E-state index contributed by atoms with van der Waals surface area (Å²) in [6, 6.07) is 0. The van der Waals surface area contributed by atoms with Crippen LogP contribution in [0.1, 0.15) is 25.7 Å². The van der Waals surface area contributed by atoms with Gasteiger partial charge < -0.3 is 5.11 Å². The number of aliphatic hydroxyl groups excluding tert-OH is 1. The lowest BCUT2D eigenvalue weighted by Gasteiger charge is -1.99. The fourth-order valence-corrected chi connectivity index (χ4v) is 1.27. The van der Waals surface area contributed by atoms with E-state index in [2.05, 4.69) is 6.58 Å². The highest BCUT2D eigenvalue weighted by atomic mass is 16.3. The predicted molar refractivity (Wildman–Crippen MR) is 42.8 cm³/mol. The molecule has 0 aromatic carbocycles. The van der Waals surface area contributed by atoms with Gasteiger partial charge in [0.15, 0.2) is 0 Å². The van der Waals surface area contributed by atoms with Crippen LogP contribution in [0.15, 0.2) is 24.3 Å². The smallest absolute Gasteiger partial charge is 0.0726 e. The fraction of sp³-hybridized carbons (Fsp3) is 0.556. The van der Waals surface area contributed by atoms with Crippen molar-refractivity contribution >= 4 is 0 Å². The fourth-order valence-electron chi connectivity index (χ4n) is 1.27. The molecule has 1 atom stereocenters. The SMILES string of the molecule is C=CC1=C[C@H](O)CCCC1. The Morgan fingerprint density at radius 1 is 1.60 bits per heavy atom. The maximum atomic E-state index is 9.27. The third kappa shape index (κ3) is 1.99. The summed E-state index contributed by atoms with van der Waals surface area (Å²) in [5, 5.41) is 9.27. The lowest BCUT2D eigenvalue weighted by Crippen LogP contribution is -1.99. The van der Waals surface area contributed by atoms with E-state index >= 15 is 0 Å². The minimum absolute atomic E-state index is 0.226. The van der Waals surface area contributed by atoms with Crippen LogP contribution in [0.25, 0.3) is 0 Å². The van der Waals surface area contributed by atoms with Crippen molar-refractivity contribution in [3.63, 3.8) is 0 Å². The summed E-state index contributed by atoms with van der Waals surface area (Å²) in [7, 11) is 0. The molecule has 0 unspecified atom stereocenters. The highest BCUT2D eigenvalue weighted by Gasteiger charge is 2.05. The summed E-state index contributed by atoms with van der Waals surface area (Å²) in [4.78, 5) is 0. The Balaban J connectivity index is 2.58. The van der Waals surface area contributed by atoms with Gasteiger partial charge in [0.2, 0.25) is 0 Å². The summed E-state index contributed by atoms with van der Waals surface area (Å²) in [6.07, 6.45) is 7.85. The first kappa shape index (κ1) is 7.55. The first-order chi connectivity index (χ1) is 4.83. The first-order valence-corrected chi connectivity index (χ1v) is 3.84. The largest absolute Gasteiger partial charge is 0.389 e. The van der Waals surface area contributed by atoms with Gasteiger partial charge in [0.05, 0.1) is 6.10 Å². The standard InChI is InChI=1S/C9H14O/c1-2-8-5-3-4-6-9(10)7-8/h2,7,9-10H,1,3-6H2/t9-/m1/s1. The third-order valence-corrected chi connectivity index (χ3v) is 1.88. The Kier molecular flexibility index (Phi) is 2.69. The third-order valence-electron chi connectivity index (χ3n) is 1.88. The molecule has 10 heavy (non-hydrogen) atoms. The highest BCUT2D eigenvalue weighted by molar-refractivity contribution is 5.18. The van der Waals surface area contributed by atoms with Crippen LogP contribution in [0.3, 0.4) is 0 Å². The van der Waals surface area contributed by atoms with Crippen molar-refractivity contribution in [2.45, 2.75) is 31.8 Å². The van der Waals surface area contributed by atoms with Crippen molar-refractivity contribution in [2.24, 2.45) is 0 Å².